The van der Waals surface area contributed by atoms with Gasteiger partial charge in [0.15, 0.2) is 0 Å². The predicted octanol–water partition coefficient (Wildman–Crippen LogP) is 4.81. The third-order valence-electron chi connectivity index (χ3n) is 4.50. The first-order chi connectivity index (χ1) is 12.1. The van der Waals surface area contributed by atoms with Crippen molar-refractivity contribution in [3.63, 3.8) is 0 Å². The topological polar surface area (TPSA) is 20.3 Å². The Bertz CT molecular complexity index is 922. The third-order valence-corrected chi connectivity index (χ3v) is 5.50. The Morgan fingerprint density at radius 1 is 1.08 bits per heavy atom. The number of nitrogens with zero attached hydrogens (tertiary/aromatic N) is 1. The van der Waals surface area contributed by atoms with Gasteiger partial charge in [-0.15, -0.1) is 11.3 Å². The average molecular weight is 355 g/mol. The number of thiophene rings is 1. The van der Waals surface area contributed by atoms with Gasteiger partial charge in [-0.1, -0.05) is 30.3 Å². The molecule has 25 heavy (non-hydrogen) atoms. The molecule has 0 fully saturated rings. The van der Waals surface area contributed by atoms with Crippen LogP contribution in [0, 0.1) is 11.6 Å². The van der Waals surface area contributed by atoms with E-state index >= 15 is 0 Å². The number of hydrogen-bond donors (Lipinski definition) is 0. The maximum atomic E-state index is 14.1. The number of halogens is 2. The van der Waals surface area contributed by atoms with Gasteiger partial charge in [0, 0.05) is 17.5 Å². The van der Waals surface area contributed by atoms with Crippen molar-refractivity contribution in [3.8, 4) is 0 Å². The molecule has 0 unspecified atom stereocenters. The van der Waals surface area contributed by atoms with E-state index in [9.17, 15) is 13.6 Å². The Kier molecular flexibility index (Phi) is 4.09. The van der Waals surface area contributed by atoms with E-state index in [1.165, 1.54) is 10.9 Å². The molecule has 2 nitrogen and oxygen atoms in total. The van der Waals surface area contributed by atoms with E-state index in [0.29, 0.717) is 6.54 Å². The van der Waals surface area contributed by atoms with Crippen molar-refractivity contribution < 1.29 is 13.6 Å². The summed E-state index contributed by atoms with van der Waals surface area (Å²) < 4.78 is 27.3. The highest BCUT2D eigenvalue weighted by atomic mass is 32.1. The zero-order valence-electron chi connectivity index (χ0n) is 13.3. The fourth-order valence-electron chi connectivity index (χ4n) is 3.35. The van der Waals surface area contributed by atoms with E-state index in [1.54, 1.807) is 16.2 Å². The van der Waals surface area contributed by atoms with Crippen LogP contribution < -0.4 is 0 Å². The van der Waals surface area contributed by atoms with Crippen LogP contribution in [0.1, 0.15) is 32.4 Å². The van der Waals surface area contributed by atoms with Crippen LogP contribution in [0.15, 0.2) is 60.0 Å². The second-order valence-electron chi connectivity index (χ2n) is 5.99. The molecule has 0 N–H and O–H groups in total. The van der Waals surface area contributed by atoms with Gasteiger partial charge in [0.2, 0.25) is 0 Å². The highest BCUT2D eigenvalue weighted by Gasteiger charge is 2.34. The summed E-state index contributed by atoms with van der Waals surface area (Å²) in [6.07, 6.45) is 0.741. The van der Waals surface area contributed by atoms with Crippen LogP contribution in [-0.4, -0.2) is 17.4 Å². The van der Waals surface area contributed by atoms with Crippen LogP contribution in [0.25, 0.3) is 0 Å². The van der Waals surface area contributed by atoms with Crippen LogP contribution in [0.4, 0.5) is 8.78 Å². The number of rotatable bonds is 2. The lowest BCUT2D eigenvalue weighted by atomic mass is 9.92. The summed E-state index contributed by atoms with van der Waals surface area (Å²) in [4.78, 5) is 15.9. The zero-order chi connectivity index (χ0) is 17.4. The molecular weight excluding hydrogens is 340 g/mol. The van der Waals surface area contributed by atoms with Gasteiger partial charge < -0.3 is 4.90 Å². The summed E-state index contributed by atoms with van der Waals surface area (Å²) in [5, 5.41) is 2.02. The molecule has 1 aliphatic rings. The molecule has 0 spiro atoms. The quantitative estimate of drug-likeness (QED) is 0.646. The summed E-state index contributed by atoms with van der Waals surface area (Å²) in [6.45, 7) is 0.503. The molecule has 0 aliphatic carbocycles. The Morgan fingerprint density at radius 3 is 2.64 bits per heavy atom. The summed E-state index contributed by atoms with van der Waals surface area (Å²) >= 11 is 1.68. The van der Waals surface area contributed by atoms with E-state index in [2.05, 4.69) is 0 Å². The molecule has 4 rings (SSSR count). The van der Waals surface area contributed by atoms with Crippen LogP contribution in [0.3, 0.4) is 0 Å². The molecule has 1 amide bonds. The monoisotopic (exact) mass is 355 g/mol. The highest BCUT2D eigenvalue weighted by molar-refractivity contribution is 7.10. The standard InChI is InChI=1S/C20H15F2NOS/c21-14-6-7-15(17(22)12-14)20(24)23-10-8-18-16(9-11-25-18)19(23)13-4-2-1-3-5-13/h1-7,9,11-12,19H,8,10H2/t19-/m0/s1. The molecule has 1 atom stereocenters. The molecule has 0 saturated heterocycles. The number of benzene rings is 2. The van der Waals surface area contributed by atoms with Crippen molar-refractivity contribution in [2.45, 2.75) is 12.5 Å². The van der Waals surface area contributed by atoms with E-state index < -0.39 is 17.5 Å². The molecule has 0 radical (unpaired) electrons. The summed E-state index contributed by atoms with van der Waals surface area (Å²) in [5.41, 5.74) is 1.97. The van der Waals surface area contributed by atoms with E-state index in [4.69, 9.17) is 0 Å². The maximum absolute atomic E-state index is 14.1. The molecule has 3 aromatic rings. The minimum absolute atomic E-state index is 0.0963. The van der Waals surface area contributed by atoms with Crippen molar-refractivity contribution in [1.29, 1.82) is 0 Å². The lowest BCUT2D eigenvalue weighted by molar-refractivity contribution is 0.0691. The average Bonchev–Trinajstić information content (AvgIpc) is 3.10. The first-order valence-corrected chi connectivity index (χ1v) is 8.90. The molecular formula is C20H15F2NOS. The van der Waals surface area contributed by atoms with Gasteiger partial charge in [0.05, 0.1) is 11.6 Å². The predicted molar refractivity (Wildman–Crippen MR) is 93.7 cm³/mol. The van der Waals surface area contributed by atoms with Gasteiger partial charge in [0.25, 0.3) is 5.91 Å². The first kappa shape index (κ1) is 16.0. The lowest BCUT2D eigenvalue weighted by Gasteiger charge is -2.36. The summed E-state index contributed by atoms with van der Waals surface area (Å²) in [7, 11) is 0. The Balaban J connectivity index is 1.79. The second-order valence-corrected chi connectivity index (χ2v) is 6.99. The van der Waals surface area contributed by atoms with Crippen LogP contribution in [-0.2, 0) is 6.42 Å². The Morgan fingerprint density at radius 2 is 1.88 bits per heavy atom. The largest absolute Gasteiger partial charge is 0.327 e. The van der Waals surface area contributed by atoms with Crippen LogP contribution in [0.5, 0.6) is 0 Å². The number of hydrogen-bond acceptors (Lipinski definition) is 2. The minimum atomic E-state index is -0.826. The third kappa shape index (κ3) is 2.85. The smallest absolute Gasteiger partial charge is 0.257 e. The number of carbonyl (C=O) groups is 1. The van der Waals surface area contributed by atoms with Gasteiger partial charge in [-0.25, -0.2) is 8.78 Å². The normalized spacial score (nSPS) is 16.6. The molecule has 2 aromatic carbocycles. The van der Waals surface area contributed by atoms with Gasteiger partial charge in [0.1, 0.15) is 11.6 Å². The first-order valence-electron chi connectivity index (χ1n) is 8.02. The number of amides is 1. The minimum Gasteiger partial charge on any atom is -0.327 e. The van der Waals surface area contributed by atoms with Gasteiger partial charge in [-0.2, -0.15) is 0 Å². The van der Waals surface area contributed by atoms with E-state index in [0.717, 1.165) is 29.7 Å². The Labute approximate surface area is 148 Å². The van der Waals surface area contributed by atoms with Crippen molar-refractivity contribution in [1.82, 2.24) is 4.90 Å². The molecule has 1 aliphatic heterocycles. The molecule has 0 bridgehead atoms. The molecule has 0 saturated carbocycles. The van der Waals surface area contributed by atoms with Crippen molar-refractivity contribution >= 4 is 17.2 Å². The van der Waals surface area contributed by atoms with E-state index in [-0.39, 0.29) is 11.6 Å². The van der Waals surface area contributed by atoms with Crippen molar-refractivity contribution in [2.75, 3.05) is 6.54 Å². The van der Waals surface area contributed by atoms with Crippen molar-refractivity contribution in [3.05, 3.63) is 93.2 Å². The van der Waals surface area contributed by atoms with Crippen LogP contribution >= 0.6 is 11.3 Å². The number of fused-ring (bicyclic) bond motifs is 1. The fraction of sp³-hybridized carbons (Fsp3) is 0.150. The fourth-order valence-corrected chi connectivity index (χ4v) is 4.25. The second kappa shape index (κ2) is 6.41. The summed E-state index contributed by atoms with van der Waals surface area (Å²) in [5.74, 6) is -1.93. The molecule has 1 aromatic heterocycles. The van der Waals surface area contributed by atoms with Crippen LogP contribution in [0.2, 0.25) is 0 Å². The van der Waals surface area contributed by atoms with Crippen molar-refractivity contribution in [2.24, 2.45) is 0 Å². The molecule has 126 valence electrons. The SMILES string of the molecule is O=C(c1ccc(F)cc1F)N1CCc2sccc2[C@@H]1c1ccccc1. The van der Waals surface area contributed by atoms with Gasteiger partial charge >= 0.3 is 0 Å². The highest BCUT2D eigenvalue weighted by Crippen LogP contribution is 2.38. The van der Waals surface area contributed by atoms with Gasteiger partial charge in [-0.05, 0) is 41.1 Å². The molecule has 2 heterocycles. The van der Waals surface area contributed by atoms with Gasteiger partial charge in [-0.3, -0.25) is 4.79 Å². The number of carbonyl (C=O) groups excluding carboxylic acids is 1. The lowest BCUT2D eigenvalue weighted by Crippen LogP contribution is -2.40. The summed E-state index contributed by atoms with van der Waals surface area (Å²) in [6, 6.07) is 14.6. The molecule has 5 heteroatoms. The van der Waals surface area contributed by atoms with E-state index in [1.807, 2.05) is 41.8 Å². The maximum Gasteiger partial charge on any atom is 0.257 e. The zero-order valence-corrected chi connectivity index (χ0v) is 14.1. The Hall–Kier alpha value is -2.53.